The Hall–Kier alpha value is -3.38. The Morgan fingerprint density at radius 1 is 1.06 bits per heavy atom. The number of halogens is 1. The van der Waals surface area contributed by atoms with Crippen LogP contribution in [0.2, 0.25) is 0 Å². The summed E-state index contributed by atoms with van der Waals surface area (Å²) in [7, 11) is 1.60. The fourth-order valence-corrected chi connectivity index (χ4v) is 3.98. The van der Waals surface area contributed by atoms with E-state index in [-0.39, 0.29) is 5.82 Å². The number of benzene rings is 3. The largest absolute Gasteiger partial charge is 0.483 e. The lowest BCUT2D eigenvalue weighted by Gasteiger charge is -2.43. The van der Waals surface area contributed by atoms with E-state index < -0.39 is 23.8 Å². The molecule has 172 valence electrons. The molecule has 5 nitrogen and oxygen atoms in total. The Morgan fingerprint density at radius 2 is 1.76 bits per heavy atom. The fraction of sp³-hybridized carbons (Fsp3) is 0.296. The van der Waals surface area contributed by atoms with E-state index >= 15 is 0 Å². The number of fused-ring (bicyclic) bond motifs is 1. The van der Waals surface area contributed by atoms with E-state index in [1.54, 1.807) is 31.4 Å². The highest BCUT2D eigenvalue weighted by atomic mass is 19.1. The highest BCUT2D eigenvalue weighted by Crippen LogP contribution is 2.44. The minimum absolute atomic E-state index is 0.263. The molecule has 3 aromatic rings. The molecule has 2 atom stereocenters. The van der Waals surface area contributed by atoms with Gasteiger partial charge < -0.3 is 19.5 Å². The van der Waals surface area contributed by atoms with Gasteiger partial charge in [0.25, 0.3) is 0 Å². The summed E-state index contributed by atoms with van der Waals surface area (Å²) >= 11 is 0. The molecule has 0 bridgehead atoms. The first-order valence-corrected chi connectivity index (χ1v) is 10.9. The molecule has 0 amide bonds. The van der Waals surface area contributed by atoms with Crippen LogP contribution in [-0.2, 0) is 16.0 Å². The SMILES string of the molecule is COC1c2cc(NCc3ccc(F)cc3)ccc2OC(C)(C)C1OC(=O)c1ccc(C)cc1. The maximum Gasteiger partial charge on any atom is 0.338 e. The van der Waals surface area contributed by atoms with Crippen molar-refractivity contribution in [3.8, 4) is 5.75 Å². The van der Waals surface area contributed by atoms with Crippen LogP contribution in [0.3, 0.4) is 0 Å². The van der Waals surface area contributed by atoms with Crippen LogP contribution in [0, 0.1) is 12.7 Å². The lowest BCUT2D eigenvalue weighted by atomic mass is 9.87. The maximum absolute atomic E-state index is 13.2. The van der Waals surface area contributed by atoms with E-state index in [0.717, 1.165) is 22.4 Å². The molecule has 1 heterocycles. The summed E-state index contributed by atoms with van der Waals surface area (Å²) in [6.07, 6.45) is -1.16. The normalized spacial score (nSPS) is 18.7. The van der Waals surface area contributed by atoms with Crippen molar-refractivity contribution >= 4 is 11.7 Å². The second-order valence-corrected chi connectivity index (χ2v) is 8.79. The third kappa shape index (κ3) is 5.01. The number of hydrogen-bond acceptors (Lipinski definition) is 5. The van der Waals surface area contributed by atoms with E-state index in [9.17, 15) is 9.18 Å². The summed E-state index contributed by atoms with van der Waals surface area (Å²) in [6, 6.07) is 19.4. The fourth-order valence-electron chi connectivity index (χ4n) is 3.98. The van der Waals surface area contributed by atoms with Crippen LogP contribution < -0.4 is 10.1 Å². The Bertz CT molecular complexity index is 1130. The molecule has 0 spiro atoms. The molecule has 0 aromatic heterocycles. The number of rotatable bonds is 6. The van der Waals surface area contributed by atoms with Gasteiger partial charge in [0.15, 0.2) is 6.10 Å². The monoisotopic (exact) mass is 449 g/mol. The van der Waals surface area contributed by atoms with E-state index in [1.165, 1.54) is 12.1 Å². The van der Waals surface area contributed by atoms with Crippen LogP contribution in [0.1, 0.15) is 47.0 Å². The Kier molecular flexibility index (Phi) is 6.38. The van der Waals surface area contributed by atoms with Crippen molar-refractivity contribution in [3.05, 3.63) is 94.8 Å². The summed E-state index contributed by atoms with van der Waals surface area (Å²) in [5.41, 5.74) is 3.36. The van der Waals surface area contributed by atoms with Gasteiger partial charge in [0.2, 0.25) is 0 Å². The first-order chi connectivity index (χ1) is 15.8. The zero-order valence-corrected chi connectivity index (χ0v) is 19.2. The van der Waals surface area contributed by atoms with Gasteiger partial charge in [-0.1, -0.05) is 29.8 Å². The summed E-state index contributed by atoms with van der Waals surface area (Å²) in [5, 5.41) is 3.34. The van der Waals surface area contributed by atoms with Crippen molar-refractivity contribution in [1.29, 1.82) is 0 Å². The quantitative estimate of drug-likeness (QED) is 0.480. The second kappa shape index (κ2) is 9.24. The molecule has 2 unspecified atom stereocenters. The third-order valence-corrected chi connectivity index (χ3v) is 5.83. The molecule has 0 saturated heterocycles. The minimum atomic E-state index is -0.795. The van der Waals surface area contributed by atoms with Gasteiger partial charge in [-0.3, -0.25) is 0 Å². The topological polar surface area (TPSA) is 56.8 Å². The number of ether oxygens (including phenoxy) is 3. The highest BCUT2D eigenvalue weighted by molar-refractivity contribution is 5.89. The number of methoxy groups -OCH3 is 1. The van der Waals surface area contributed by atoms with Crippen molar-refractivity contribution in [2.75, 3.05) is 12.4 Å². The number of aryl methyl sites for hydroxylation is 1. The lowest BCUT2D eigenvalue weighted by Crippen LogP contribution is -2.51. The number of anilines is 1. The standard InChI is InChI=1S/C27H28FNO4/c1-17-5-9-19(10-6-17)26(30)32-25-24(31-4)22-15-21(13-14-23(22)33-27(25,2)3)29-16-18-7-11-20(28)12-8-18/h5-15,24-25,29H,16H2,1-4H3. The maximum atomic E-state index is 13.2. The number of hydrogen-bond donors (Lipinski definition) is 1. The average Bonchev–Trinajstić information content (AvgIpc) is 2.79. The molecular formula is C27H28FNO4. The number of carbonyl (C=O) groups is 1. The molecule has 0 saturated carbocycles. The zero-order chi connectivity index (χ0) is 23.6. The summed E-state index contributed by atoms with van der Waals surface area (Å²) in [6.45, 7) is 6.27. The summed E-state index contributed by atoms with van der Waals surface area (Å²) in [5.74, 6) is -0.00367. The predicted molar refractivity (Wildman–Crippen MR) is 125 cm³/mol. The van der Waals surface area contributed by atoms with Crippen molar-refractivity contribution in [1.82, 2.24) is 0 Å². The number of carbonyl (C=O) groups excluding carboxylic acids is 1. The molecule has 1 aliphatic heterocycles. The lowest BCUT2D eigenvalue weighted by molar-refractivity contribution is -0.129. The van der Waals surface area contributed by atoms with Gasteiger partial charge in [0.1, 0.15) is 23.3 Å². The molecule has 1 N–H and O–H groups in total. The molecule has 3 aromatic carbocycles. The van der Waals surface area contributed by atoms with Crippen molar-refractivity contribution < 1.29 is 23.4 Å². The van der Waals surface area contributed by atoms with Crippen LogP contribution >= 0.6 is 0 Å². The van der Waals surface area contributed by atoms with Crippen LogP contribution in [0.4, 0.5) is 10.1 Å². The van der Waals surface area contributed by atoms with E-state index in [2.05, 4.69) is 5.32 Å². The van der Waals surface area contributed by atoms with Crippen LogP contribution in [0.25, 0.3) is 0 Å². The molecule has 0 fully saturated rings. The minimum Gasteiger partial charge on any atom is -0.483 e. The van der Waals surface area contributed by atoms with Crippen molar-refractivity contribution in [3.63, 3.8) is 0 Å². The highest BCUT2D eigenvalue weighted by Gasteiger charge is 2.47. The van der Waals surface area contributed by atoms with Gasteiger partial charge in [0.05, 0.1) is 5.56 Å². The first kappa shape index (κ1) is 22.8. The van der Waals surface area contributed by atoms with Gasteiger partial charge in [-0.2, -0.15) is 0 Å². The van der Waals surface area contributed by atoms with E-state index in [4.69, 9.17) is 14.2 Å². The number of esters is 1. The van der Waals surface area contributed by atoms with Gasteiger partial charge in [0, 0.05) is 24.9 Å². The molecule has 0 aliphatic carbocycles. The second-order valence-electron chi connectivity index (χ2n) is 8.79. The molecule has 33 heavy (non-hydrogen) atoms. The number of nitrogens with one attached hydrogen (secondary N) is 1. The molecular weight excluding hydrogens is 421 g/mol. The zero-order valence-electron chi connectivity index (χ0n) is 19.2. The first-order valence-electron chi connectivity index (χ1n) is 10.9. The van der Waals surface area contributed by atoms with Crippen LogP contribution in [-0.4, -0.2) is 24.8 Å². The summed E-state index contributed by atoms with van der Waals surface area (Å²) < 4.78 is 31.1. The molecule has 4 rings (SSSR count). The Labute approximate surface area is 193 Å². The smallest absolute Gasteiger partial charge is 0.338 e. The van der Waals surface area contributed by atoms with Gasteiger partial charge in [-0.05, 0) is 68.8 Å². The van der Waals surface area contributed by atoms with Crippen molar-refractivity contribution in [2.45, 2.75) is 45.1 Å². The van der Waals surface area contributed by atoms with Crippen LogP contribution in [0.5, 0.6) is 5.75 Å². The molecule has 6 heteroatoms. The Balaban J connectivity index is 1.56. The van der Waals surface area contributed by atoms with Gasteiger partial charge >= 0.3 is 5.97 Å². The average molecular weight is 450 g/mol. The molecule has 0 radical (unpaired) electrons. The van der Waals surface area contributed by atoms with Gasteiger partial charge in [-0.25, -0.2) is 9.18 Å². The van der Waals surface area contributed by atoms with Crippen molar-refractivity contribution in [2.24, 2.45) is 0 Å². The van der Waals surface area contributed by atoms with Crippen LogP contribution in [0.15, 0.2) is 66.7 Å². The van der Waals surface area contributed by atoms with Gasteiger partial charge in [-0.15, -0.1) is 0 Å². The predicted octanol–water partition coefficient (Wildman–Crippen LogP) is 5.83. The third-order valence-electron chi connectivity index (χ3n) is 5.83. The summed E-state index contributed by atoms with van der Waals surface area (Å²) in [4.78, 5) is 12.9. The van der Waals surface area contributed by atoms with E-state index in [0.29, 0.717) is 17.9 Å². The molecule has 1 aliphatic rings. The Morgan fingerprint density at radius 3 is 2.42 bits per heavy atom. The van der Waals surface area contributed by atoms with E-state index in [1.807, 2.05) is 51.1 Å².